The van der Waals surface area contributed by atoms with Gasteiger partial charge >= 0.3 is 0 Å². The summed E-state index contributed by atoms with van der Waals surface area (Å²) in [6.07, 6.45) is 4.40. The van der Waals surface area contributed by atoms with Gasteiger partial charge in [0.1, 0.15) is 12.4 Å². The van der Waals surface area contributed by atoms with Crippen LogP contribution in [0.2, 0.25) is 0 Å². The number of ketones is 1. The molecule has 0 fully saturated rings. The number of aryl methyl sites for hydroxylation is 2. The molecule has 1 aromatic carbocycles. The lowest BCUT2D eigenvalue weighted by molar-refractivity contribution is 0.0777. The van der Waals surface area contributed by atoms with Crippen LogP contribution in [-0.4, -0.2) is 43.6 Å². The third-order valence-electron chi connectivity index (χ3n) is 6.24. The Morgan fingerprint density at radius 1 is 1.16 bits per heavy atom. The Morgan fingerprint density at radius 3 is 2.88 bits per heavy atom. The summed E-state index contributed by atoms with van der Waals surface area (Å²) in [4.78, 5) is 13.1. The number of para-hydroxylation sites is 2. The van der Waals surface area contributed by atoms with E-state index in [0.717, 1.165) is 65.2 Å². The smallest absolute Gasteiger partial charge is 0.191 e. The van der Waals surface area contributed by atoms with E-state index >= 15 is 0 Å². The summed E-state index contributed by atoms with van der Waals surface area (Å²) in [7, 11) is 0. The lowest BCUT2D eigenvalue weighted by atomic mass is 10.2. The van der Waals surface area contributed by atoms with Crippen molar-refractivity contribution in [2.75, 3.05) is 12.4 Å². The molecule has 0 bridgehead atoms. The molecule has 0 amide bonds. The maximum Gasteiger partial charge on any atom is 0.191 e. The van der Waals surface area contributed by atoms with Crippen LogP contribution in [0.15, 0.2) is 35.5 Å². The molecule has 2 aliphatic heterocycles. The van der Waals surface area contributed by atoms with E-state index in [1.165, 1.54) is 18.2 Å². The van der Waals surface area contributed by atoms with Crippen molar-refractivity contribution in [3.8, 4) is 11.5 Å². The number of fused-ring (bicyclic) bond motifs is 2. The van der Waals surface area contributed by atoms with Crippen LogP contribution in [0.3, 0.4) is 0 Å². The molecule has 5 rings (SSSR count). The van der Waals surface area contributed by atoms with Crippen molar-refractivity contribution < 1.29 is 14.3 Å². The Morgan fingerprint density at radius 2 is 2.00 bits per heavy atom. The van der Waals surface area contributed by atoms with Crippen molar-refractivity contribution in [2.45, 2.75) is 63.9 Å². The van der Waals surface area contributed by atoms with Crippen LogP contribution in [0.25, 0.3) is 0 Å². The van der Waals surface area contributed by atoms with E-state index in [4.69, 9.17) is 9.47 Å². The van der Waals surface area contributed by atoms with Crippen LogP contribution in [0.4, 0.5) is 0 Å². The number of Topliss-reactive ketones (excluding diaryl/α,β-unsaturated/α-hetero) is 1. The number of carbonyl (C=O) groups is 1. The molecule has 0 N–H and O–H groups in total. The summed E-state index contributed by atoms with van der Waals surface area (Å²) < 4.78 is 16.3. The number of benzene rings is 1. The van der Waals surface area contributed by atoms with Crippen molar-refractivity contribution in [3.05, 3.63) is 53.1 Å². The molecule has 0 saturated heterocycles. The number of rotatable bonds is 6. The zero-order valence-corrected chi connectivity index (χ0v) is 19.4. The number of carbonyl (C=O) groups excluding carboxylic acids is 1. The molecular weight excluding hydrogens is 424 g/mol. The van der Waals surface area contributed by atoms with Gasteiger partial charge in [-0.05, 0) is 44.9 Å². The molecule has 168 valence electrons. The number of ether oxygens (including phenoxy) is 2. The minimum Gasteiger partial charge on any atom is -0.486 e. The first-order valence-corrected chi connectivity index (χ1v) is 12.2. The van der Waals surface area contributed by atoms with Gasteiger partial charge in [-0.3, -0.25) is 4.79 Å². The fourth-order valence-electron chi connectivity index (χ4n) is 4.49. The monoisotopic (exact) mass is 452 g/mol. The van der Waals surface area contributed by atoms with E-state index in [1.807, 2.05) is 44.2 Å². The fourth-order valence-corrected chi connectivity index (χ4v) is 5.36. The predicted molar refractivity (Wildman–Crippen MR) is 123 cm³/mol. The van der Waals surface area contributed by atoms with Gasteiger partial charge in [0.05, 0.1) is 12.3 Å². The first kappa shape index (κ1) is 21.1. The highest BCUT2D eigenvalue weighted by Crippen LogP contribution is 2.32. The number of thioether (sulfide) groups is 1. The van der Waals surface area contributed by atoms with Gasteiger partial charge in [-0.2, -0.15) is 0 Å². The standard InChI is InChI=1S/C24H28N4O3S/c1-16-12-19(20(29)15-32-24-26-25-23-10-4-3-7-11-27(23)24)17(2)28(16)13-18-14-30-21-8-5-6-9-22(21)31-18/h5-6,8-9,12,18H,3-4,7,10-11,13-15H2,1-2H3. The summed E-state index contributed by atoms with van der Waals surface area (Å²) in [5.41, 5.74) is 2.79. The van der Waals surface area contributed by atoms with E-state index in [2.05, 4.69) is 19.3 Å². The lowest BCUT2D eigenvalue weighted by Crippen LogP contribution is -2.33. The highest BCUT2D eigenvalue weighted by Gasteiger charge is 2.24. The maximum atomic E-state index is 13.1. The molecule has 1 atom stereocenters. The molecule has 8 heteroatoms. The van der Waals surface area contributed by atoms with Gasteiger partial charge in [0.25, 0.3) is 0 Å². The molecule has 4 heterocycles. The second-order valence-electron chi connectivity index (χ2n) is 8.47. The third kappa shape index (κ3) is 4.16. The van der Waals surface area contributed by atoms with Gasteiger partial charge in [-0.1, -0.05) is 30.3 Å². The summed E-state index contributed by atoms with van der Waals surface area (Å²) in [5, 5.41) is 9.53. The molecule has 2 aliphatic rings. The Labute approximate surface area is 192 Å². The Balaban J connectivity index is 1.26. The molecule has 1 unspecified atom stereocenters. The number of hydrogen-bond acceptors (Lipinski definition) is 6. The molecule has 0 saturated carbocycles. The topological polar surface area (TPSA) is 71.2 Å². The number of aromatic nitrogens is 4. The number of nitrogens with zero attached hydrogens (tertiary/aromatic N) is 4. The third-order valence-corrected chi connectivity index (χ3v) is 7.20. The van der Waals surface area contributed by atoms with Gasteiger partial charge in [0.2, 0.25) is 0 Å². The molecular formula is C24H28N4O3S. The Hall–Kier alpha value is -2.74. The minimum atomic E-state index is -0.0986. The van der Waals surface area contributed by atoms with Crippen LogP contribution in [0.5, 0.6) is 11.5 Å². The predicted octanol–water partition coefficient (Wildman–Crippen LogP) is 4.24. The summed E-state index contributed by atoms with van der Waals surface area (Å²) in [6.45, 7) is 6.12. The first-order chi connectivity index (χ1) is 15.6. The van der Waals surface area contributed by atoms with Gasteiger partial charge < -0.3 is 18.6 Å². The van der Waals surface area contributed by atoms with E-state index in [-0.39, 0.29) is 11.9 Å². The van der Waals surface area contributed by atoms with Gasteiger partial charge in [0, 0.05) is 29.9 Å². The van der Waals surface area contributed by atoms with Crippen molar-refractivity contribution in [1.29, 1.82) is 0 Å². The van der Waals surface area contributed by atoms with Crippen LogP contribution in [-0.2, 0) is 19.5 Å². The average molecular weight is 453 g/mol. The zero-order chi connectivity index (χ0) is 22.1. The zero-order valence-electron chi connectivity index (χ0n) is 18.5. The van der Waals surface area contributed by atoms with Crippen LogP contribution >= 0.6 is 11.8 Å². The first-order valence-electron chi connectivity index (χ1n) is 11.2. The molecule has 0 spiro atoms. The Kier molecular flexibility index (Phi) is 5.95. The fraction of sp³-hybridized carbons (Fsp3) is 0.458. The van der Waals surface area contributed by atoms with E-state index in [1.54, 1.807) is 0 Å². The van der Waals surface area contributed by atoms with Gasteiger partial charge in [0.15, 0.2) is 28.5 Å². The normalized spacial score (nSPS) is 17.6. The number of hydrogen-bond donors (Lipinski definition) is 0. The highest BCUT2D eigenvalue weighted by atomic mass is 32.2. The average Bonchev–Trinajstić information content (AvgIpc) is 3.21. The van der Waals surface area contributed by atoms with Crippen molar-refractivity contribution in [3.63, 3.8) is 0 Å². The summed E-state index contributed by atoms with van der Waals surface area (Å²) in [5.74, 6) is 3.08. The second-order valence-corrected chi connectivity index (χ2v) is 9.41. The molecule has 2 aromatic heterocycles. The van der Waals surface area contributed by atoms with Crippen molar-refractivity contribution in [2.24, 2.45) is 0 Å². The molecule has 32 heavy (non-hydrogen) atoms. The largest absolute Gasteiger partial charge is 0.486 e. The highest BCUT2D eigenvalue weighted by molar-refractivity contribution is 7.99. The summed E-state index contributed by atoms with van der Waals surface area (Å²) in [6, 6.07) is 9.71. The quantitative estimate of drug-likeness (QED) is 0.412. The SMILES string of the molecule is Cc1cc(C(=O)CSc2nnc3n2CCCCC3)c(C)n1CC1COc2ccccc2O1. The van der Waals surface area contributed by atoms with Crippen LogP contribution in [0, 0.1) is 13.8 Å². The van der Waals surface area contributed by atoms with Crippen molar-refractivity contribution in [1.82, 2.24) is 19.3 Å². The molecule has 0 radical (unpaired) electrons. The second kappa shape index (κ2) is 9.02. The molecule has 3 aromatic rings. The summed E-state index contributed by atoms with van der Waals surface area (Å²) >= 11 is 1.49. The van der Waals surface area contributed by atoms with E-state index in [9.17, 15) is 4.79 Å². The molecule has 0 aliphatic carbocycles. The minimum absolute atomic E-state index is 0.0986. The maximum absolute atomic E-state index is 13.1. The molecule has 7 nitrogen and oxygen atoms in total. The lowest BCUT2D eigenvalue weighted by Gasteiger charge is -2.27. The van der Waals surface area contributed by atoms with E-state index < -0.39 is 0 Å². The van der Waals surface area contributed by atoms with Crippen molar-refractivity contribution >= 4 is 17.5 Å². The van der Waals surface area contributed by atoms with Gasteiger partial charge in [-0.15, -0.1) is 10.2 Å². The Bertz CT molecular complexity index is 1140. The van der Waals surface area contributed by atoms with E-state index in [0.29, 0.717) is 18.9 Å². The van der Waals surface area contributed by atoms with Crippen LogP contribution in [0.1, 0.15) is 46.8 Å². The van der Waals surface area contributed by atoms with Crippen LogP contribution < -0.4 is 9.47 Å². The van der Waals surface area contributed by atoms with Gasteiger partial charge in [-0.25, -0.2) is 0 Å².